The van der Waals surface area contributed by atoms with E-state index in [-0.39, 0.29) is 5.15 Å². The number of hydrogen-bond donors (Lipinski definition) is 1. The quantitative estimate of drug-likeness (QED) is 0.634. The minimum absolute atomic E-state index is 0.209. The van der Waals surface area contributed by atoms with E-state index in [4.69, 9.17) is 11.6 Å². The standard InChI is InChI=1S/C11H14ClN3O/c1-2-3-7-4-9(7)15-11-8(5-16)10(12)13-6-14-11/h5-7,9H,2-4H2,1H3,(H,13,14,15). The lowest BCUT2D eigenvalue weighted by atomic mass is 10.2. The van der Waals surface area contributed by atoms with Crippen LogP contribution in [-0.4, -0.2) is 22.3 Å². The maximum atomic E-state index is 10.9. The molecule has 1 aliphatic rings. The summed E-state index contributed by atoms with van der Waals surface area (Å²) < 4.78 is 0. The third-order valence-electron chi connectivity index (χ3n) is 2.86. The molecule has 0 bridgehead atoms. The fourth-order valence-corrected chi connectivity index (χ4v) is 2.06. The van der Waals surface area contributed by atoms with Crippen molar-refractivity contribution in [3.8, 4) is 0 Å². The van der Waals surface area contributed by atoms with Crippen molar-refractivity contribution in [2.45, 2.75) is 32.2 Å². The van der Waals surface area contributed by atoms with Crippen molar-refractivity contribution < 1.29 is 4.79 Å². The molecule has 2 rings (SSSR count). The number of carbonyl (C=O) groups excluding carboxylic acids is 1. The average Bonchev–Trinajstić information content (AvgIpc) is 2.97. The zero-order valence-corrected chi connectivity index (χ0v) is 9.87. The third kappa shape index (κ3) is 2.32. The molecule has 0 radical (unpaired) electrons. The Morgan fingerprint density at radius 2 is 2.44 bits per heavy atom. The van der Waals surface area contributed by atoms with Gasteiger partial charge in [0.15, 0.2) is 6.29 Å². The summed E-state index contributed by atoms with van der Waals surface area (Å²) in [6.07, 6.45) is 5.62. The highest BCUT2D eigenvalue weighted by molar-refractivity contribution is 6.32. The van der Waals surface area contributed by atoms with Crippen molar-refractivity contribution in [3.63, 3.8) is 0 Å². The van der Waals surface area contributed by atoms with Crippen LogP contribution in [0.25, 0.3) is 0 Å². The summed E-state index contributed by atoms with van der Waals surface area (Å²) in [5.74, 6) is 1.26. The van der Waals surface area contributed by atoms with Crippen LogP contribution in [0, 0.1) is 5.92 Å². The molecule has 0 spiro atoms. The van der Waals surface area contributed by atoms with E-state index in [0.29, 0.717) is 29.6 Å². The Labute approximate surface area is 99.4 Å². The molecular weight excluding hydrogens is 226 g/mol. The van der Waals surface area contributed by atoms with Crippen LogP contribution in [0.4, 0.5) is 5.82 Å². The molecule has 0 aliphatic heterocycles. The first-order valence-electron chi connectivity index (χ1n) is 5.48. The third-order valence-corrected chi connectivity index (χ3v) is 3.16. The zero-order valence-electron chi connectivity index (χ0n) is 9.11. The molecule has 1 aromatic heterocycles. The normalized spacial score (nSPS) is 22.9. The first-order valence-corrected chi connectivity index (χ1v) is 5.86. The van der Waals surface area contributed by atoms with Gasteiger partial charge in [0.2, 0.25) is 0 Å². The van der Waals surface area contributed by atoms with Crippen LogP contribution in [0.3, 0.4) is 0 Å². The number of nitrogens with zero attached hydrogens (tertiary/aromatic N) is 2. The average molecular weight is 240 g/mol. The van der Waals surface area contributed by atoms with Gasteiger partial charge in [0.25, 0.3) is 0 Å². The van der Waals surface area contributed by atoms with Crippen molar-refractivity contribution in [1.29, 1.82) is 0 Å². The molecule has 1 heterocycles. The van der Waals surface area contributed by atoms with Gasteiger partial charge in [0.05, 0.1) is 5.56 Å². The van der Waals surface area contributed by atoms with Crippen LogP contribution in [0.2, 0.25) is 5.15 Å². The predicted octanol–water partition coefficient (Wildman–Crippen LogP) is 2.54. The second-order valence-electron chi connectivity index (χ2n) is 4.08. The number of aldehydes is 1. The molecule has 16 heavy (non-hydrogen) atoms. The molecule has 0 aromatic carbocycles. The van der Waals surface area contributed by atoms with Crippen LogP contribution >= 0.6 is 11.6 Å². The maximum absolute atomic E-state index is 10.9. The minimum atomic E-state index is 0.209. The van der Waals surface area contributed by atoms with Gasteiger partial charge in [0, 0.05) is 6.04 Å². The highest BCUT2D eigenvalue weighted by atomic mass is 35.5. The number of anilines is 1. The number of rotatable bonds is 5. The molecule has 1 aromatic rings. The van der Waals surface area contributed by atoms with Crippen molar-refractivity contribution >= 4 is 23.7 Å². The molecule has 86 valence electrons. The minimum Gasteiger partial charge on any atom is -0.366 e. The Kier molecular flexibility index (Phi) is 3.39. The van der Waals surface area contributed by atoms with Gasteiger partial charge < -0.3 is 5.32 Å². The molecule has 2 unspecified atom stereocenters. The Morgan fingerprint density at radius 3 is 3.12 bits per heavy atom. The molecule has 0 saturated heterocycles. The Bertz CT molecular complexity index is 397. The van der Waals surface area contributed by atoms with Gasteiger partial charge in [-0.15, -0.1) is 0 Å². The molecule has 4 nitrogen and oxygen atoms in total. The van der Waals surface area contributed by atoms with Crippen molar-refractivity contribution in [3.05, 3.63) is 17.0 Å². The van der Waals surface area contributed by atoms with E-state index < -0.39 is 0 Å². The topological polar surface area (TPSA) is 54.9 Å². The van der Waals surface area contributed by atoms with Gasteiger partial charge in [0.1, 0.15) is 17.3 Å². The first kappa shape index (κ1) is 11.3. The van der Waals surface area contributed by atoms with Gasteiger partial charge >= 0.3 is 0 Å². The van der Waals surface area contributed by atoms with Gasteiger partial charge in [-0.05, 0) is 18.8 Å². The first-order chi connectivity index (χ1) is 7.76. The largest absolute Gasteiger partial charge is 0.366 e. The van der Waals surface area contributed by atoms with Gasteiger partial charge in [-0.3, -0.25) is 4.79 Å². The molecule has 1 fully saturated rings. The summed E-state index contributed by atoms with van der Waals surface area (Å²) >= 11 is 5.81. The predicted molar refractivity (Wildman–Crippen MR) is 62.9 cm³/mol. The maximum Gasteiger partial charge on any atom is 0.156 e. The van der Waals surface area contributed by atoms with E-state index >= 15 is 0 Å². The second-order valence-corrected chi connectivity index (χ2v) is 4.44. The summed E-state index contributed by atoms with van der Waals surface area (Å²) in [5, 5.41) is 3.45. The van der Waals surface area contributed by atoms with E-state index in [1.807, 2.05) is 0 Å². The summed E-state index contributed by atoms with van der Waals surface area (Å²) in [6.45, 7) is 2.17. The fraction of sp³-hybridized carbons (Fsp3) is 0.545. The van der Waals surface area contributed by atoms with Crippen LogP contribution in [-0.2, 0) is 0 Å². The molecule has 0 amide bonds. The van der Waals surface area contributed by atoms with Crippen molar-refractivity contribution in [2.24, 2.45) is 5.92 Å². The Hall–Kier alpha value is -1.16. The summed E-state index contributed by atoms with van der Waals surface area (Å²) in [7, 11) is 0. The van der Waals surface area contributed by atoms with Crippen molar-refractivity contribution in [1.82, 2.24) is 9.97 Å². The zero-order chi connectivity index (χ0) is 11.5. The molecule has 5 heteroatoms. The summed E-state index contributed by atoms with van der Waals surface area (Å²) in [4.78, 5) is 18.7. The molecule has 2 atom stereocenters. The van der Waals surface area contributed by atoms with E-state index in [2.05, 4.69) is 22.2 Å². The smallest absolute Gasteiger partial charge is 0.156 e. The number of halogens is 1. The van der Waals surface area contributed by atoms with E-state index in [0.717, 1.165) is 6.42 Å². The lowest BCUT2D eigenvalue weighted by molar-refractivity contribution is 0.112. The fourth-order valence-electron chi connectivity index (χ4n) is 1.88. The van der Waals surface area contributed by atoms with Crippen LogP contribution in [0.15, 0.2) is 6.33 Å². The van der Waals surface area contributed by atoms with Gasteiger partial charge in [-0.25, -0.2) is 9.97 Å². The molecule has 1 saturated carbocycles. The van der Waals surface area contributed by atoms with Gasteiger partial charge in [-0.1, -0.05) is 24.9 Å². The van der Waals surface area contributed by atoms with Crippen LogP contribution in [0.5, 0.6) is 0 Å². The van der Waals surface area contributed by atoms with E-state index in [1.54, 1.807) is 0 Å². The van der Waals surface area contributed by atoms with E-state index in [1.165, 1.54) is 19.2 Å². The highest BCUT2D eigenvalue weighted by Crippen LogP contribution is 2.37. The summed E-state index contributed by atoms with van der Waals surface area (Å²) in [5.41, 5.74) is 0.353. The lowest BCUT2D eigenvalue weighted by Crippen LogP contribution is -2.09. The Balaban J connectivity index is 2.05. The van der Waals surface area contributed by atoms with Crippen LogP contribution in [0.1, 0.15) is 36.5 Å². The number of aromatic nitrogens is 2. The molecule has 1 N–H and O–H groups in total. The second kappa shape index (κ2) is 4.78. The van der Waals surface area contributed by atoms with Gasteiger partial charge in [-0.2, -0.15) is 0 Å². The molecule has 1 aliphatic carbocycles. The number of hydrogen-bond acceptors (Lipinski definition) is 4. The van der Waals surface area contributed by atoms with E-state index in [9.17, 15) is 4.79 Å². The SMILES string of the molecule is CCCC1CC1Nc1ncnc(Cl)c1C=O. The van der Waals surface area contributed by atoms with Crippen molar-refractivity contribution in [2.75, 3.05) is 5.32 Å². The monoisotopic (exact) mass is 239 g/mol. The number of carbonyl (C=O) groups is 1. The Morgan fingerprint density at radius 1 is 1.62 bits per heavy atom. The van der Waals surface area contributed by atoms with Crippen LogP contribution < -0.4 is 5.32 Å². The summed E-state index contributed by atoms with van der Waals surface area (Å²) in [6, 6.07) is 0.435. The lowest BCUT2D eigenvalue weighted by Gasteiger charge is -2.07. The number of nitrogens with one attached hydrogen (secondary N) is 1. The molecular formula is C11H14ClN3O. The highest BCUT2D eigenvalue weighted by Gasteiger charge is 2.36.